The summed E-state index contributed by atoms with van der Waals surface area (Å²) in [6.07, 6.45) is 1.32. The molecule has 0 bridgehead atoms. The summed E-state index contributed by atoms with van der Waals surface area (Å²) in [6.45, 7) is 3.71. The number of benzene rings is 1. The lowest BCUT2D eigenvalue weighted by Crippen LogP contribution is -2.25. The highest BCUT2D eigenvalue weighted by molar-refractivity contribution is 5.94. The highest BCUT2D eigenvalue weighted by atomic mass is 16.5. The van der Waals surface area contributed by atoms with Gasteiger partial charge in [-0.3, -0.25) is 9.59 Å². The van der Waals surface area contributed by atoms with E-state index in [4.69, 9.17) is 10.00 Å². The summed E-state index contributed by atoms with van der Waals surface area (Å²) in [4.78, 5) is 35.9. The minimum absolute atomic E-state index is 0.0365. The van der Waals surface area contributed by atoms with Crippen LogP contribution in [0.2, 0.25) is 0 Å². The first-order valence-corrected chi connectivity index (χ1v) is 7.90. The second-order valence-corrected chi connectivity index (χ2v) is 5.49. The molecule has 7 heteroatoms. The molecule has 7 nitrogen and oxygen atoms in total. The lowest BCUT2D eigenvalue weighted by molar-refractivity contribution is 0.0599. The van der Waals surface area contributed by atoms with E-state index in [1.165, 1.54) is 30.9 Å². The number of nitrogens with zero attached hydrogens (tertiary/aromatic N) is 2. The van der Waals surface area contributed by atoms with E-state index in [0.29, 0.717) is 23.5 Å². The van der Waals surface area contributed by atoms with Crippen LogP contribution in [-0.2, 0) is 11.3 Å². The summed E-state index contributed by atoms with van der Waals surface area (Å²) in [5, 5.41) is 9.16. The molecule has 0 saturated heterocycles. The van der Waals surface area contributed by atoms with Crippen LogP contribution in [-0.4, -0.2) is 30.0 Å². The van der Waals surface area contributed by atoms with Gasteiger partial charge in [0.1, 0.15) is 17.4 Å². The van der Waals surface area contributed by atoms with Crippen LogP contribution in [0.15, 0.2) is 35.3 Å². The van der Waals surface area contributed by atoms with Crippen LogP contribution in [0, 0.1) is 11.3 Å². The molecule has 0 unspecified atom stereocenters. The van der Waals surface area contributed by atoms with E-state index in [9.17, 15) is 14.4 Å². The largest absolute Gasteiger partial charge is 0.494 e. The van der Waals surface area contributed by atoms with Crippen molar-refractivity contribution >= 4 is 11.8 Å². The van der Waals surface area contributed by atoms with Gasteiger partial charge in [-0.2, -0.15) is 5.26 Å². The fourth-order valence-electron chi connectivity index (χ4n) is 2.46. The normalized spacial score (nSPS) is 10.1. The van der Waals surface area contributed by atoms with Crippen molar-refractivity contribution in [3.63, 3.8) is 0 Å². The summed E-state index contributed by atoms with van der Waals surface area (Å²) in [5.74, 6) is -0.258. The van der Waals surface area contributed by atoms with E-state index in [1.807, 2.05) is 6.92 Å². The number of pyridine rings is 1. The molecule has 0 amide bonds. The van der Waals surface area contributed by atoms with Crippen LogP contribution in [0.25, 0.3) is 0 Å². The van der Waals surface area contributed by atoms with Crippen molar-refractivity contribution in [2.45, 2.75) is 20.4 Å². The average Bonchev–Trinajstić information content (AvgIpc) is 2.64. The molecule has 0 N–H and O–H groups in total. The summed E-state index contributed by atoms with van der Waals surface area (Å²) >= 11 is 0. The molecule has 1 heterocycles. The Balaban J connectivity index is 2.58. The van der Waals surface area contributed by atoms with Crippen molar-refractivity contribution in [2.75, 3.05) is 13.7 Å². The number of hydrogen-bond acceptors (Lipinski definition) is 6. The summed E-state index contributed by atoms with van der Waals surface area (Å²) in [7, 11) is 1.22. The molecular formula is C19H18N2O5. The van der Waals surface area contributed by atoms with Gasteiger partial charge in [-0.1, -0.05) is 0 Å². The Hall–Kier alpha value is -3.40. The zero-order chi connectivity index (χ0) is 19.3. The fourth-order valence-corrected chi connectivity index (χ4v) is 2.46. The predicted octanol–water partition coefficient (Wildman–Crippen LogP) is 2.16. The summed E-state index contributed by atoms with van der Waals surface area (Å²) in [5.41, 5.74) is 0.433. The maximum absolute atomic E-state index is 12.4. The van der Waals surface area contributed by atoms with E-state index in [0.717, 1.165) is 0 Å². The van der Waals surface area contributed by atoms with Crippen molar-refractivity contribution in [2.24, 2.45) is 0 Å². The number of nitriles is 1. The Morgan fingerprint density at radius 2 is 1.96 bits per heavy atom. The molecule has 0 spiro atoms. The van der Waals surface area contributed by atoms with Crippen LogP contribution in [0.3, 0.4) is 0 Å². The Morgan fingerprint density at radius 3 is 2.54 bits per heavy atom. The van der Waals surface area contributed by atoms with E-state index in [2.05, 4.69) is 4.74 Å². The van der Waals surface area contributed by atoms with Gasteiger partial charge >= 0.3 is 5.97 Å². The number of carbonyl (C=O) groups excluding carboxylic acids is 2. The maximum Gasteiger partial charge on any atom is 0.339 e. The first-order chi connectivity index (χ1) is 12.4. The molecule has 0 aliphatic heterocycles. The number of ketones is 1. The van der Waals surface area contributed by atoms with Crippen LogP contribution in [0.1, 0.15) is 45.7 Å². The number of aromatic nitrogens is 1. The topological polar surface area (TPSA) is 98.4 Å². The molecule has 1 aromatic heterocycles. The molecule has 1 aromatic carbocycles. The van der Waals surface area contributed by atoms with Gasteiger partial charge in [-0.25, -0.2) is 4.79 Å². The summed E-state index contributed by atoms with van der Waals surface area (Å²) < 4.78 is 11.4. The zero-order valence-electron chi connectivity index (χ0n) is 14.7. The number of ether oxygens (including phenoxy) is 2. The Morgan fingerprint density at radius 1 is 1.23 bits per heavy atom. The second kappa shape index (κ2) is 8.12. The highest BCUT2D eigenvalue weighted by Crippen LogP contribution is 2.22. The van der Waals surface area contributed by atoms with Crippen molar-refractivity contribution in [3.05, 3.63) is 63.1 Å². The predicted molar refractivity (Wildman–Crippen MR) is 93.5 cm³/mol. The minimum Gasteiger partial charge on any atom is -0.494 e. The maximum atomic E-state index is 12.4. The van der Waals surface area contributed by atoms with Crippen LogP contribution < -0.4 is 10.3 Å². The Kier molecular flexibility index (Phi) is 5.91. The minimum atomic E-state index is -0.655. The Labute approximate surface area is 150 Å². The molecule has 0 aliphatic rings. The van der Waals surface area contributed by atoms with Gasteiger partial charge in [0.25, 0.3) is 5.56 Å². The Bertz CT molecular complexity index is 953. The van der Waals surface area contributed by atoms with E-state index < -0.39 is 11.5 Å². The van der Waals surface area contributed by atoms with Gasteiger partial charge in [0.2, 0.25) is 0 Å². The molecule has 2 rings (SSSR count). The van der Waals surface area contributed by atoms with E-state index in [1.54, 1.807) is 24.3 Å². The van der Waals surface area contributed by atoms with Crippen LogP contribution in [0.5, 0.6) is 5.75 Å². The monoisotopic (exact) mass is 354 g/mol. The third-order valence-corrected chi connectivity index (χ3v) is 3.74. The number of methoxy groups -OCH3 is 1. The van der Waals surface area contributed by atoms with Crippen LogP contribution in [0.4, 0.5) is 0 Å². The number of carbonyl (C=O) groups is 2. The number of Topliss-reactive ketones (excluding diaryl/α,β-unsaturated/α-hetero) is 1. The molecular weight excluding hydrogens is 336 g/mol. The zero-order valence-corrected chi connectivity index (χ0v) is 14.7. The van der Waals surface area contributed by atoms with Gasteiger partial charge in [-0.05, 0) is 38.1 Å². The fraction of sp³-hybridized carbons (Fsp3) is 0.263. The molecule has 0 radical (unpaired) electrons. The van der Waals surface area contributed by atoms with Crippen molar-refractivity contribution in [1.82, 2.24) is 4.57 Å². The van der Waals surface area contributed by atoms with Crippen molar-refractivity contribution < 1.29 is 19.1 Å². The van der Waals surface area contributed by atoms with Crippen molar-refractivity contribution in [1.29, 1.82) is 5.26 Å². The van der Waals surface area contributed by atoms with Gasteiger partial charge in [0, 0.05) is 17.3 Å². The standard InChI is InChI=1S/C19H18N2O5/c1-4-26-17-6-5-13(12(2)22)7-15(17)10-21-11-16(19(24)25-3)8-14(9-20)18(21)23/h5-8,11H,4,10H2,1-3H3. The molecule has 134 valence electrons. The smallest absolute Gasteiger partial charge is 0.339 e. The van der Waals surface area contributed by atoms with Gasteiger partial charge < -0.3 is 14.0 Å². The quantitative estimate of drug-likeness (QED) is 0.582. The summed E-state index contributed by atoms with van der Waals surface area (Å²) in [6, 6.07) is 7.92. The molecule has 26 heavy (non-hydrogen) atoms. The average molecular weight is 354 g/mol. The first kappa shape index (κ1) is 18.9. The second-order valence-electron chi connectivity index (χ2n) is 5.49. The molecule has 2 aromatic rings. The molecule has 0 aliphatic carbocycles. The van der Waals surface area contributed by atoms with Gasteiger partial charge in [0.15, 0.2) is 5.78 Å². The van der Waals surface area contributed by atoms with Gasteiger partial charge in [0.05, 0.1) is 25.8 Å². The molecule has 0 saturated carbocycles. The van der Waals surface area contributed by atoms with Gasteiger partial charge in [-0.15, -0.1) is 0 Å². The lowest BCUT2D eigenvalue weighted by Gasteiger charge is -2.14. The van der Waals surface area contributed by atoms with E-state index in [-0.39, 0.29) is 23.5 Å². The molecule has 0 fully saturated rings. The SMILES string of the molecule is CCOc1ccc(C(C)=O)cc1Cn1cc(C(=O)OC)cc(C#N)c1=O. The lowest BCUT2D eigenvalue weighted by atomic mass is 10.1. The van der Waals surface area contributed by atoms with Crippen molar-refractivity contribution in [3.8, 4) is 11.8 Å². The third-order valence-electron chi connectivity index (χ3n) is 3.74. The van der Waals surface area contributed by atoms with Crippen LogP contribution >= 0.6 is 0 Å². The molecule has 0 atom stereocenters. The third kappa shape index (κ3) is 3.98. The number of esters is 1. The van der Waals surface area contributed by atoms with E-state index >= 15 is 0 Å². The number of hydrogen-bond donors (Lipinski definition) is 0. The number of rotatable bonds is 6. The highest BCUT2D eigenvalue weighted by Gasteiger charge is 2.15. The first-order valence-electron chi connectivity index (χ1n) is 7.90.